The number of nitrogens with one attached hydrogen (secondary N) is 1. The second-order valence-corrected chi connectivity index (χ2v) is 6.54. The predicted molar refractivity (Wildman–Crippen MR) is 97.2 cm³/mol. The van der Waals surface area contributed by atoms with Crippen LogP contribution in [0.3, 0.4) is 0 Å². The molecule has 1 unspecified atom stereocenters. The van der Waals surface area contributed by atoms with Crippen molar-refractivity contribution < 1.29 is 26.3 Å². The Morgan fingerprint density at radius 3 is 2.14 bits per heavy atom. The molecule has 11 heteroatoms. The summed E-state index contributed by atoms with van der Waals surface area (Å²) < 4.78 is 78.0. The van der Waals surface area contributed by atoms with Crippen LogP contribution in [0.15, 0.2) is 23.2 Å². The number of benzene rings is 1. The van der Waals surface area contributed by atoms with Gasteiger partial charge < -0.3 is 4.90 Å². The number of hydrazine groups is 1. The van der Waals surface area contributed by atoms with E-state index in [2.05, 4.69) is 10.4 Å². The standard InChI is InChI=1S/C18H23F6N5/c1-4-29(5-2)15(16(3,28-26)8-9-17(19,20)21)27-13-7-6-12(11-25)14(10-13)18(22,23)24/h6-7,10,28H,4-5,8-9,26H2,1-3H3. The molecule has 0 saturated carbocycles. The summed E-state index contributed by atoms with van der Waals surface area (Å²) >= 11 is 0. The van der Waals surface area contributed by atoms with E-state index < -0.39 is 41.9 Å². The number of alkyl halides is 6. The molecule has 0 bridgehead atoms. The van der Waals surface area contributed by atoms with E-state index in [1.54, 1.807) is 18.7 Å². The molecule has 0 aliphatic carbocycles. The van der Waals surface area contributed by atoms with Crippen LogP contribution in [0.25, 0.3) is 0 Å². The third-order valence-electron chi connectivity index (χ3n) is 4.45. The van der Waals surface area contributed by atoms with Crippen molar-refractivity contribution in [3.8, 4) is 6.07 Å². The smallest absolute Gasteiger partial charge is 0.359 e. The SMILES string of the molecule is CCN(CC)C(=Nc1ccc(C#N)c(C(F)(F)F)c1)C(C)(CCC(F)(F)F)NN. The largest absolute Gasteiger partial charge is 0.417 e. The lowest BCUT2D eigenvalue weighted by molar-refractivity contribution is -0.138. The summed E-state index contributed by atoms with van der Waals surface area (Å²) in [7, 11) is 0. The molecule has 0 heterocycles. The Hall–Kier alpha value is -2.32. The third-order valence-corrected chi connectivity index (χ3v) is 4.45. The number of amidine groups is 1. The summed E-state index contributed by atoms with van der Waals surface area (Å²) in [5, 5.41) is 8.91. The van der Waals surface area contributed by atoms with Crippen LogP contribution in [0.2, 0.25) is 0 Å². The fraction of sp³-hybridized carbons (Fsp3) is 0.556. The van der Waals surface area contributed by atoms with Gasteiger partial charge in [-0.2, -0.15) is 31.6 Å². The van der Waals surface area contributed by atoms with Gasteiger partial charge in [0.15, 0.2) is 0 Å². The Labute approximate surface area is 165 Å². The van der Waals surface area contributed by atoms with Crippen LogP contribution < -0.4 is 11.3 Å². The first-order valence-corrected chi connectivity index (χ1v) is 8.81. The van der Waals surface area contributed by atoms with E-state index in [0.717, 1.165) is 6.07 Å². The Morgan fingerprint density at radius 2 is 1.72 bits per heavy atom. The van der Waals surface area contributed by atoms with E-state index in [9.17, 15) is 26.3 Å². The van der Waals surface area contributed by atoms with E-state index in [1.165, 1.54) is 19.1 Å². The summed E-state index contributed by atoms with van der Waals surface area (Å²) in [5.74, 6) is 5.61. The molecule has 0 fully saturated rings. The Kier molecular flexibility index (Phi) is 8.06. The van der Waals surface area contributed by atoms with Gasteiger partial charge in [-0.05, 0) is 45.4 Å². The van der Waals surface area contributed by atoms with Crippen molar-refractivity contribution in [1.29, 1.82) is 5.26 Å². The van der Waals surface area contributed by atoms with Gasteiger partial charge in [0.1, 0.15) is 5.84 Å². The maximum Gasteiger partial charge on any atom is 0.417 e. The molecular weight excluding hydrogens is 400 g/mol. The first-order valence-electron chi connectivity index (χ1n) is 8.81. The average Bonchev–Trinajstić information content (AvgIpc) is 2.65. The molecule has 1 aromatic rings. The predicted octanol–water partition coefficient (Wildman–Crippen LogP) is 4.51. The van der Waals surface area contributed by atoms with Crippen molar-refractivity contribution in [1.82, 2.24) is 10.3 Å². The van der Waals surface area contributed by atoms with Gasteiger partial charge in [-0.1, -0.05) is 0 Å². The number of aliphatic imine (C=N–C) groups is 1. The molecule has 0 aliphatic heterocycles. The highest BCUT2D eigenvalue weighted by Crippen LogP contribution is 2.35. The molecule has 0 radical (unpaired) electrons. The van der Waals surface area contributed by atoms with Gasteiger partial charge in [0.25, 0.3) is 0 Å². The summed E-state index contributed by atoms with van der Waals surface area (Å²) in [6, 6.07) is 4.35. The summed E-state index contributed by atoms with van der Waals surface area (Å²) in [6.07, 6.45) is -10.8. The molecule has 29 heavy (non-hydrogen) atoms. The molecule has 1 rings (SSSR count). The van der Waals surface area contributed by atoms with Crippen LogP contribution in [-0.4, -0.2) is 35.5 Å². The minimum absolute atomic E-state index is 0.0760. The zero-order valence-corrected chi connectivity index (χ0v) is 16.2. The van der Waals surface area contributed by atoms with E-state index in [1.807, 2.05) is 0 Å². The highest BCUT2D eigenvalue weighted by molar-refractivity contribution is 5.93. The molecule has 0 aliphatic rings. The van der Waals surface area contributed by atoms with Crippen LogP contribution in [0.5, 0.6) is 0 Å². The highest BCUT2D eigenvalue weighted by Gasteiger charge is 2.38. The molecular formula is C18H23F6N5. The molecule has 0 aromatic heterocycles. The summed E-state index contributed by atoms with van der Waals surface area (Å²) in [4.78, 5) is 5.83. The summed E-state index contributed by atoms with van der Waals surface area (Å²) in [5.41, 5.74) is -0.997. The van der Waals surface area contributed by atoms with Gasteiger partial charge in [-0.3, -0.25) is 5.84 Å². The average molecular weight is 423 g/mol. The maximum atomic E-state index is 13.2. The number of nitrogens with zero attached hydrogens (tertiary/aromatic N) is 3. The zero-order chi connectivity index (χ0) is 22.5. The molecule has 0 spiro atoms. The fourth-order valence-corrected chi connectivity index (χ4v) is 2.76. The van der Waals surface area contributed by atoms with E-state index in [4.69, 9.17) is 11.1 Å². The van der Waals surface area contributed by atoms with Gasteiger partial charge in [-0.25, -0.2) is 10.4 Å². The lowest BCUT2D eigenvalue weighted by Crippen LogP contribution is -2.59. The number of rotatable bonds is 7. The second kappa shape index (κ2) is 9.45. The topological polar surface area (TPSA) is 77.4 Å². The lowest BCUT2D eigenvalue weighted by Gasteiger charge is -2.37. The number of nitrogens with two attached hydrogens (primary N) is 1. The van der Waals surface area contributed by atoms with Crippen molar-refractivity contribution in [3.05, 3.63) is 29.3 Å². The first kappa shape index (κ1) is 24.7. The maximum absolute atomic E-state index is 13.2. The molecule has 162 valence electrons. The van der Waals surface area contributed by atoms with E-state index in [0.29, 0.717) is 19.2 Å². The van der Waals surface area contributed by atoms with Crippen LogP contribution in [0.1, 0.15) is 44.7 Å². The molecule has 0 amide bonds. The summed E-state index contributed by atoms with van der Waals surface area (Å²) in [6.45, 7) is 5.57. The van der Waals surface area contributed by atoms with Crippen molar-refractivity contribution in [2.75, 3.05) is 13.1 Å². The zero-order valence-electron chi connectivity index (χ0n) is 16.2. The van der Waals surface area contributed by atoms with Crippen LogP contribution in [0.4, 0.5) is 32.0 Å². The van der Waals surface area contributed by atoms with Crippen molar-refractivity contribution >= 4 is 11.5 Å². The minimum atomic E-state index is -4.78. The molecule has 1 aromatic carbocycles. The monoisotopic (exact) mass is 423 g/mol. The number of hydrogen-bond acceptors (Lipinski definition) is 4. The van der Waals surface area contributed by atoms with Crippen molar-refractivity contribution in [2.45, 2.75) is 51.5 Å². The number of hydrogen-bond donors (Lipinski definition) is 2. The third kappa shape index (κ3) is 6.61. The van der Waals surface area contributed by atoms with Crippen LogP contribution >= 0.6 is 0 Å². The minimum Gasteiger partial charge on any atom is -0.359 e. The molecule has 0 saturated heterocycles. The van der Waals surface area contributed by atoms with E-state index >= 15 is 0 Å². The number of halogens is 6. The molecule has 5 nitrogen and oxygen atoms in total. The van der Waals surface area contributed by atoms with Gasteiger partial charge in [0, 0.05) is 19.5 Å². The quantitative estimate of drug-likeness (QED) is 0.222. The molecule has 3 N–H and O–H groups in total. The van der Waals surface area contributed by atoms with Crippen molar-refractivity contribution in [2.24, 2.45) is 10.8 Å². The Bertz CT molecular complexity index is 761. The number of nitriles is 1. The number of likely N-dealkylation sites (N-methyl/N-ethyl adjacent to an activating group) is 1. The van der Waals surface area contributed by atoms with Gasteiger partial charge in [-0.15, -0.1) is 0 Å². The Morgan fingerprint density at radius 1 is 1.14 bits per heavy atom. The normalized spacial score (nSPS) is 15.0. The highest BCUT2D eigenvalue weighted by atomic mass is 19.4. The van der Waals surface area contributed by atoms with Gasteiger partial charge >= 0.3 is 12.4 Å². The lowest BCUT2D eigenvalue weighted by atomic mass is 9.93. The van der Waals surface area contributed by atoms with Gasteiger partial charge in [0.05, 0.1) is 28.4 Å². The van der Waals surface area contributed by atoms with E-state index in [-0.39, 0.29) is 11.5 Å². The first-order chi connectivity index (χ1) is 13.3. The van der Waals surface area contributed by atoms with Crippen LogP contribution in [-0.2, 0) is 6.18 Å². The Balaban J connectivity index is 3.56. The van der Waals surface area contributed by atoms with Crippen LogP contribution in [0, 0.1) is 11.3 Å². The fourth-order valence-electron chi connectivity index (χ4n) is 2.76. The van der Waals surface area contributed by atoms with Crippen molar-refractivity contribution in [3.63, 3.8) is 0 Å². The van der Waals surface area contributed by atoms with Gasteiger partial charge in [0.2, 0.25) is 0 Å². The molecule has 1 atom stereocenters. The second-order valence-electron chi connectivity index (χ2n) is 6.54.